The summed E-state index contributed by atoms with van der Waals surface area (Å²) < 4.78 is 4.98. The molecule has 1 aliphatic heterocycles. The lowest BCUT2D eigenvalue weighted by Gasteiger charge is -2.21. The molecular formula is C11H18O4. The zero-order valence-corrected chi connectivity index (χ0v) is 9.19. The molecule has 86 valence electrons. The molecule has 0 aromatic rings. The van der Waals surface area contributed by atoms with Gasteiger partial charge in [-0.15, -0.1) is 0 Å². The number of rotatable bonds is 4. The third kappa shape index (κ3) is 2.79. The predicted octanol–water partition coefficient (Wildman–Crippen LogP) is 0.629. The lowest BCUT2D eigenvalue weighted by atomic mass is 9.98. The summed E-state index contributed by atoms with van der Waals surface area (Å²) in [6, 6.07) is 0. The molecule has 1 fully saturated rings. The van der Waals surface area contributed by atoms with Crippen LogP contribution in [-0.2, 0) is 9.53 Å². The van der Waals surface area contributed by atoms with Crippen molar-refractivity contribution < 1.29 is 19.7 Å². The van der Waals surface area contributed by atoms with Crippen LogP contribution in [0.25, 0.3) is 0 Å². The Morgan fingerprint density at radius 2 is 2.07 bits per heavy atom. The highest BCUT2D eigenvalue weighted by atomic mass is 16.6. The van der Waals surface area contributed by atoms with Crippen LogP contribution in [0.3, 0.4) is 0 Å². The Balaban J connectivity index is 2.71. The quantitative estimate of drug-likeness (QED) is 0.532. The molecule has 0 amide bonds. The minimum Gasteiger partial charge on any atom is -0.450 e. The molecule has 0 aliphatic carbocycles. The van der Waals surface area contributed by atoms with Crippen molar-refractivity contribution in [3.8, 4) is 0 Å². The lowest BCUT2D eigenvalue weighted by Crippen LogP contribution is -2.37. The molecule has 0 bridgehead atoms. The Hall–Kier alpha value is -0.870. The number of carbonyl (C=O) groups is 1. The minimum atomic E-state index is -1.10. The first kappa shape index (κ1) is 12.2. The lowest BCUT2D eigenvalue weighted by molar-refractivity contribution is -0.154. The summed E-state index contributed by atoms with van der Waals surface area (Å²) in [5, 5.41) is 18.1. The Kier molecular flexibility index (Phi) is 3.88. The highest BCUT2D eigenvalue weighted by Crippen LogP contribution is 2.30. The van der Waals surface area contributed by atoms with E-state index in [1.807, 2.05) is 6.08 Å². The van der Waals surface area contributed by atoms with Gasteiger partial charge < -0.3 is 14.9 Å². The van der Waals surface area contributed by atoms with Crippen molar-refractivity contribution in [1.29, 1.82) is 0 Å². The molecule has 1 rings (SSSR count). The molecule has 4 nitrogen and oxygen atoms in total. The van der Waals surface area contributed by atoms with Crippen molar-refractivity contribution in [2.45, 2.75) is 32.3 Å². The Bertz CT molecular complexity index is 264. The van der Waals surface area contributed by atoms with Crippen LogP contribution in [0.5, 0.6) is 0 Å². The average Bonchev–Trinajstić information content (AvgIpc) is 2.53. The van der Waals surface area contributed by atoms with Gasteiger partial charge in [-0.2, -0.15) is 0 Å². The Morgan fingerprint density at radius 1 is 1.47 bits per heavy atom. The second-order valence-corrected chi connectivity index (χ2v) is 4.42. The van der Waals surface area contributed by atoms with Crippen LogP contribution in [-0.4, -0.2) is 35.0 Å². The van der Waals surface area contributed by atoms with Crippen molar-refractivity contribution in [1.82, 2.24) is 0 Å². The first-order valence-corrected chi connectivity index (χ1v) is 5.17. The third-order valence-electron chi connectivity index (χ3n) is 2.50. The van der Waals surface area contributed by atoms with Crippen LogP contribution >= 0.6 is 0 Å². The maximum Gasteiger partial charge on any atom is 0.334 e. The number of ether oxygens (including phenoxy) is 1. The summed E-state index contributed by atoms with van der Waals surface area (Å²) in [7, 11) is 0. The zero-order chi connectivity index (χ0) is 11.5. The molecule has 0 spiro atoms. The van der Waals surface area contributed by atoms with Crippen molar-refractivity contribution in [3.63, 3.8) is 0 Å². The van der Waals surface area contributed by atoms with Gasteiger partial charge in [0.15, 0.2) is 5.60 Å². The van der Waals surface area contributed by atoms with Gasteiger partial charge in [-0.3, -0.25) is 0 Å². The van der Waals surface area contributed by atoms with E-state index in [1.165, 1.54) is 0 Å². The maximum atomic E-state index is 11.4. The fourth-order valence-electron chi connectivity index (χ4n) is 1.48. The van der Waals surface area contributed by atoms with Gasteiger partial charge in [-0.25, -0.2) is 4.79 Å². The van der Waals surface area contributed by atoms with Gasteiger partial charge in [0, 0.05) is 12.0 Å². The number of hydrogen-bond acceptors (Lipinski definition) is 4. The number of aliphatic hydroxyl groups excluding tert-OH is 2. The molecule has 1 heterocycles. The van der Waals surface area contributed by atoms with Gasteiger partial charge in [0.05, 0.1) is 13.2 Å². The number of hydrogen-bond donors (Lipinski definition) is 2. The number of esters is 1. The van der Waals surface area contributed by atoms with Gasteiger partial charge in [0.1, 0.15) is 0 Å². The molecule has 1 aliphatic rings. The minimum absolute atomic E-state index is 0.297. The van der Waals surface area contributed by atoms with Crippen molar-refractivity contribution in [3.05, 3.63) is 11.6 Å². The van der Waals surface area contributed by atoms with E-state index in [4.69, 9.17) is 14.9 Å². The average molecular weight is 214 g/mol. The van der Waals surface area contributed by atoms with Crippen LogP contribution in [0.15, 0.2) is 11.6 Å². The molecule has 15 heavy (non-hydrogen) atoms. The monoisotopic (exact) mass is 214 g/mol. The summed E-state index contributed by atoms with van der Waals surface area (Å²) in [5.74, 6) is 0.0577. The smallest absolute Gasteiger partial charge is 0.334 e. The summed E-state index contributed by atoms with van der Waals surface area (Å²) in [4.78, 5) is 11.4. The third-order valence-corrected chi connectivity index (χ3v) is 2.50. The van der Waals surface area contributed by atoms with Crippen LogP contribution in [0.2, 0.25) is 0 Å². The Labute approximate surface area is 89.6 Å². The Morgan fingerprint density at radius 3 is 2.47 bits per heavy atom. The van der Waals surface area contributed by atoms with Crippen molar-refractivity contribution in [2.24, 2.45) is 5.92 Å². The largest absolute Gasteiger partial charge is 0.450 e. The zero-order valence-electron chi connectivity index (χ0n) is 9.19. The molecular weight excluding hydrogens is 196 g/mol. The highest BCUT2D eigenvalue weighted by molar-refractivity contribution is 5.91. The maximum absolute atomic E-state index is 11.4. The number of aliphatic hydroxyl groups is 2. The van der Waals surface area contributed by atoms with E-state index in [2.05, 4.69) is 13.8 Å². The van der Waals surface area contributed by atoms with Crippen LogP contribution in [0.1, 0.15) is 26.7 Å². The van der Waals surface area contributed by atoms with E-state index >= 15 is 0 Å². The van der Waals surface area contributed by atoms with Crippen molar-refractivity contribution >= 4 is 5.97 Å². The molecule has 2 N–H and O–H groups in total. The molecule has 0 atom stereocenters. The second-order valence-electron chi connectivity index (χ2n) is 4.42. The van der Waals surface area contributed by atoms with E-state index in [1.54, 1.807) is 0 Å². The summed E-state index contributed by atoms with van der Waals surface area (Å²) in [6.45, 7) is 3.44. The highest BCUT2D eigenvalue weighted by Gasteiger charge is 2.42. The number of carbonyl (C=O) groups excluding carboxylic acids is 1. The van der Waals surface area contributed by atoms with E-state index in [0.29, 0.717) is 17.9 Å². The van der Waals surface area contributed by atoms with Gasteiger partial charge in [-0.1, -0.05) is 19.9 Å². The number of cyclic esters (lactones) is 1. The molecule has 0 saturated carbocycles. The van der Waals surface area contributed by atoms with Crippen LogP contribution in [0.4, 0.5) is 0 Å². The van der Waals surface area contributed by atoms with Gasteiger partial charge in [0.2, 0.25) is 0 Å². The first-order chi connectivity index (χ1) is 7.03. The second kappa shape index (κ2) is 4.77. The van der Waals surface area contributed by atoms with Gasteiger partial charge in [0.25, 0.3) is 0 Å². The SMILES string of the molecule is CC(C)C/C=C1/CC(CO)(CO)OC1=O. The normalized spacial score (nSPS) is 22.5. The first-order valence-electron chi connectivity index (χ1n) is 5.17. The topological polar surface area (TPSA) is 66.8 Å². The molecule has 0 aromatic carbocycles. The summed E-state index contributed by atoms with van der Waals surface area (Å²) in [6.07, 6.45) is 2.93. The van der Waals surface area contributed by atoms with Crippen LogP contribution in [0, 0.1) is 5.92 Å². The standard InChI is InChI=1S/C11H18O4/c1-8(2)3-4-9-5-11(6-12,7-13)15-10(9)14/h4,8,12-13H,3,5-7H2,1-2H3/b9-4-. The fourth-order valence-corrected chi connectivity index (χ4v) is 1.48. The van der Waals surface area contributed by atoms with Gasteiger partial charge >= 0.3 is 5.97 Å². The predicted molar refractivity (Wildman–Crippen MR) is 55.1 cm³/mol. The fraction of sp³-hybridized carbons (Fsp3) is 0.727. The van der Waals surface area contributed by atoms with E-state index < -0.39 is 11.6 Å². The van der Waals surface area contributed by atoms with E-state index in [0.717, 1.165) is 6.42 Å². The molecule has 1 saturated heterocycles. The van der Waals surface area contributed by atoms with Crippen molar-refractivity contribution in [2.75, 3.05) is 13.2 Å². The van der Waals surface area contributed by atoms with Gasteiger partial charge in [-0.05, 0) is 12.3 Å². The number of allylic oxidation sites excluding steroid dienone is 1. The van der Waals surface area contributed by atoms with E-state index in [9.17, 15) is 4.79 Å². The molecule has 0 unspecified atom stereocenters. The summed E-state index contributed by atoms with van der Waals surface area (Å²) in [5.41, 5.74) is -0.535. The molecule has 0 radical (unpaired) electrons. The molecule has 0 aromatic heterocycles. The summed E-state index contributed by atoms with van der Waals surface area (Å²) >= 11 is 0. The molecule has 4 heteroatoms. The van der Waals surface area contributed by atoms with Crippen LogP contribution < -0.4 is 0 Å². The van der Waals surface area contributed by atoms with E-state index in [-0.39, 0.29) is 13.2 Å².